The van der Waals surface area contributed by atoms with Crippen molar-refractivity contribution in [2.24, 2.45) is 7.05 Å². The maximum atomic E-state index is 13.0. The minimum atomic E-state index is -0.147. The summed E-state index contributed by atoms with van der Waals surface area (Å²) in [5, 5.41) is 7.45. The Kier molecular flexibility index (Phi) is 4.64. The van der Waals surface area contributed by atoms with Crippen LogP contribution in [0.15, 0.2) is 36.5 Å². The second-order valence-electron chi connectivity index (χ2n) is 7.89. The van der Waals surface area contributed by atoms with E-state index in [2.05, 4.69) is 47.4 Å². The second-order valence-corrected chi connectivity index (χ2v) is 7.89. The lowest BCUT2D eigenvalue weighted by molar-refractivity contribution is -0.121. The van der Waals surface area contributed by atoms with Crippen LogP contribution in [-0.4, -0.2) is 38.7 Å². The Labute approximate surface area is 161 Å². The summed E-state index contributed by atoms with van der Waals surface area (Å²) in [5.41, 5.74) is 5.81. The number of aromatic nitrogens is 2. The molecule has 4 rings (SSSR count). The molecule has 5 nitrogen and oxygen atoms in total. The molecule has 3 atom stereocenters. The summed E-state index contributed by atoms with van der Waals surface area (Å²) >= 11 is 0. The topological polar surface area (TPSA) is 50.2 Å². The second kappa shape index (κ2) is 6.97. The SMILES string of the molecule is Cc1cccc(NC(=O)C(C)N2C3C=C(c4ccnn4C)CC2CC3)c1C. The Morgan fingerprint density at radius 2 is 2.07 bits per heavy atom. The van der Waals surface area contributed by atoms with Gasteiger partial charge in [0.2, 0.25) is 5.91 Å². The van der Waals surface area contributed by atoms with Crippen LogP contribution in [0.3, 0.4) is 0 Å². The molecule has 2 aromatic rings. The predicted octanol–water partition coefficient (Wildman–Crippen LogP) is 3.68. The highest BCUT2D eigenvalue weighted by Crippen LogP contribution is 2.39. The van der Waals surface area contributed by atoms with Crippen LogP contribution in [0, 0.1) is 13.8 Å². The smallest absolute Gasteiger partial charge is 0.241 e. The Hall–Kier alpha value is -2.40. The van der Waals surface area contributed by atoms with Gasteiger partial charge in [-0.1, -0.05) is 18.2 Å². The predicted molar refractivity (Wildman–Crippen MR) is 108 cm³/mol. The maximum Gasteiger partial charge on any atom is 0.241 e. The highest BCUT2D eigenvalue weighted by molar-refractivity contribution is 5.95. The maximum absolute atomic E-state index is 13.0. The van der Waals surface area contributed by atoms with Crippen LogP contribution in [-0.2, 0) is 11.8 Å². The fourth-order valence-electron chi connectivity index (χ4n) is 4.60. The molecule has 3 heterocycles. The lowest BCUT2D eigenvalue weighted by Crippen LogP contribution is -2.49. The van der Waals surface area contributed by atoms with Gasteiger partial charge in [0.15, 0.2) is 0 Å². The van der Waals surface area contributed by atoms with Gasteiger partial charge < -0.3 is 5.32 Å². The zero-order valence-corrected chi connectivity index (χ0v) is 16.6. The summed E-state index contributed by atoms with van der Waals surface area (Å²) in [4.78, 5) is 15.4. The van der Waals surface area contributed by atoms with E-state index in [4.69, 9.17) is 0 Å². The minimum Gasteiger partial charge on any atom is -0.324 e. The standard InChI is InChI=1S/C22H28N4O/c1-14-6-5-7-20(15(14)2)24-22(27)16(3)26-18-8-9-19(26)13-17(12-18)21-10-11-23-25(21)4/h5-7,10-12,16,18-19H,8-9,13H2,1-4H3,(H,24,27). The fraction of sp³-hybridized carbons (Fsp3) is 0.455. The number of aryl methyl sites for hydroxylation is 2. The van der Waals surface area contributed by atoms with Crippen LogP contribution in [0.1, 0.15) is 43.0 Å². The number of benzene rings is 1. The van der Waals surface area contributed by atoms with E-state index in [0.29, 0.717) is 12.1 Å². The van der Waals surface area contributed by atoms with Crippen molar-refractivity contribution >= 4 is 17.2 Å². The van der Waals surface area contributed by atoms with E-state index in [1.54, 1.807) is 0 Å². The Morgan fingerprint density at radius 1 is 1.26 bits per heavy atom. The molecule has 1 saturated heterocycles. The van der Waals surface area contributed by atoms with Crippen molar-refractivity contribution < 1.29 is 4.79 Å². The number of hydrogen-bond acceptors (Lipinski definition) is 3. The van der Waals surface area contributed by atoms with Crippen LogP contribution < -0.4 is 5.32 Å². The van der Waals surface area contributed by atoms with Gasteiger partial charge in [-0.05, 0) is 68.9 Å². The number of nitrogens with one attached hydrogen (secondary N) is 1. The molecule has 1 amide bonds. The van der Waals surface area contributed by atoms with Gasteiger partial charge in [0.1, 0.15) is 0 Å². The largest absolute Gasteiger partial charge is 0.324 e. The molecule has 142 valence electrons. The van der Waals surface area contributed by atoms with Gasteiger partial charge in [0.25, 0.3) is 0 Å². The molecule has 27 heavy (non-hydrogen) atoms. The number of amides is 1. The first kappa shape index (κ1) is 18.0. The lowest BCUT2D eigenvalue weighted by atomic mass is 9.96. The minimum absolute atomic E-state index is 0.0815. The van der Waals surface area contributed by atoms with E-state index >= 15 is 0 Å². The van der Waals surface area contributed by atoms with Crippen LogP contribution in [0.2, 0.25) is 0 Å². The average Bonchev–Trinajstić information content (AvgIpc) is 3.18. The Morgan fingerprint density at radius 3 is 2.78 bits per heavy atom. The summed E-state index contributed by atoms with van der Waals surface area (Å²) in [6, 6.07) is 8.74. The number of nitrogens with zero attached hydrogens (tertiary/aromatic N) is 3. The van der Waals surface area contributed by atoms with E-state index < -0.39 is 0 Å². The third kappa shape index (κ3) is 3.21. The van der Waals surface area contributed by atoms with Crippen molar-refractivity contribution in [3.8, 4) is 0 Å². The Balaban J connectivity index is 1.52. The molecule has 1 N–H and O–H groups in total. The van der Waals surface area contributed by atoms with Gasteiger partial charge in [0.05, 0.1) is 11.7 Å². The van der Waals surface area contributed by atoms with Gasteiger partial charge in [-0.2, -0.15) is 5.10 Å². The fourth-order valence-corrected chi connectivity index (χ4v) is 4.60. The zero-order chi connectivity index (χ0) is 19.1. The molecule has 2 bridgehead atoms. The summed E-state index contributed by atoms with van der Waals surface area (Å²) < 4.78 is 1.94. The lowest BCUT2D eigenvalue weighted by Gasteiger charge is -2.37. The molecule has 0 aliphatic carbocycles. The van der Waals surface area contributed by atoms with Gasteiger partial charge in [-0.3, -0.25) is 14.4 Å². The molecule has 2 aliphatic rings. The number of carbonyl (C=O) groups is 1. The molecule has 0 spiro atoms. The number of anilines is 1. The highest BCUT2D eigenvalue weighted by atomic mass is 16.2. The van der Waals surface area contributed by atoms with Crippen molar-refractivity contribution in [3.63, 3.8) is 0 Å². The quantitative estimate of drug-likeness (QED) is 0.900. The van der Waals surface area contributed by atoms with Crippen molar-refractivity contribution in [3.05, 3.63) is 53.4 Å². The first-order chi connectivity index (χ1) is 13.0. The number of rotatable bonds is 4. The van der Waals surface area contributed by atoms with Gasteiger partial charge in [0, 0.05) is 31.0 Å². The van der Waals surface area contributed by atoms with Crippen molar-refractivity contribution in [2.75, 3.05) is 5.32 Å². The van der Waals surface area contributed by atoms with Crippen molar-refractivity contribution in [1.29, 1.82) is 0 Å². The normalized spacial score (nSPS) is 23.2. The third-order valence-electron chi connectivity index (χ3n) is 6.29. The van der Waals surface area contributed by atoms with Crippen molar-refractivity contribution in [2.45, 2.75) is 58.2 Å². The number of fused-ring (bicyclic) bond motifs is 2. The summed E-state index contributed by atoms with van der Waals surface area (Å²) in [6.07, 6.45) is 7.45. The number of hydrogen-bond donors (Lipinski definition) is 1. The molecular formula is C22H28N4O. The summed E-state index contributed by atoms with van der Waals surface area (Å²) in [5.74, 6) is 0.0815. The molecule has 1 fully saturated rings. The highest BCUT2D eigenvalue weighted by Gasteiger charge is 2.41. The molecule has 0 saturated carbocycles. The van der Waals surface area contributed by atoms with E-state index in [-0.39, 0.29) is 11.9 Å². The van der Waals surface area contributed by atoms with Crippen LogP contribution in [0.5, 0.6) is 0 Å². The van der Waals surface area contributed by atoms with Gasteiger partial charge in [-0.25, -0.2) is 0 Å². The van der Waals surface area contributed by atoms with E-state index in [1.165, 1.54) is 16.8 Å². The molecule has 3 unspecified atom stereocenters. The molecule has 1 aromatic carbocycles. The first-order valence-corrected chi connectivity index (χ1v) is 9.79. The average molecular weight is 364 g/mol. The summed E-state index contributed by atoms with van der Waals surface area (Å²) in [7, 11) is 1.99. The zero-order valence-electron chi connectivity index (χ0n) is 16.6. The van der Waals surface area contributed by atoms with E-state index in [0.717, 1.165) is 30.5 Å². The van der Waals surface area contributed by atoms with Crippen LogP contribution in [0.25, 0.3) is 5.57 Å². The molecule has 2 aliphatic heterocycles. The van der Waals surface area contributed by atoms with Crippen LogP contribution >= 0.6 is 0 Å². The van der Waals surface area contributed by atoms with E-state index in [1.807, 2.05) is 37.0 Å². The molecule has 1 aromatic heterocycles. The van der Waals surface area contributed by atoms with Crippen molar-refractivity contribution in [1.82, 2.24) is 14.7 Å². The number of carbonyl (C=O) groups excluding carboxylic acids is 1. The first-order valence-electron chi connectivity index (χ1n) is 9.79. The van der Waals surface area contributed by atoms with Gasteiger partial charge in [-0.15, -0.1) is 0 Å². The Bertz CT molecular complexity index is 897. The van der Waals surface area contributed by atoms with Gasteiger partial charge >= 0.3 is 0 Å². The molecular weight excluding hydrogens is 336 g/mol. The van der Waals surface area contributed by atoms with Crippen LogP contribution in [0.4, 0.5) is 5.69 Å². The molecule has 5 heteroatoms. The van der Waals surface area contributed by atoms with E-state index in [9.17, 15) is 4.79 Å². The third-order valence-corrected chi connectivity index (χ3v) is 6.29. The molecule has 0 radical (unpaired) electrons. The summed E-state index contributed by atoms with van der Waals surface area (Å²) in [6.45, 7) is 6.17. The monoisotopic (exact) mass is 364 g/mol.